The maximum absolute atomic E-state index is 5.54. The van der Waals surface area contributed by atoms with Crippen LogP contribution in [0.15, 0.2) is 22.8 Å². The molecule has 0 N–H and O–H groups in total. The van der Waals surface area contributed by atoms with Crippen molar-refractivity contribution >= 4 is 51.4 Å². The molecule has 0 aliphatic carbocycles. The first-order valence-electron chi connectivity index (χ1n) is 5.84. The molecular weight excluding hydrogens is 319 g/mol. The van der Waals surface area contributed by atoms with Crippen molar-refractivity contribution in [2.45, 2.75) is 32.6 Å². The summed E-state index contributed by atoms with van der Waals surface area (Å²) in [7, 11) is 0. The molecule has 0 radical (unpaired) electrons. The van der Waals surface area contributed by atoms with Gasteiger partial charge in [-0.2, -0.15) is 0 Å². The Hall–Kier alpha value is 0.190. The lowest BCUT2D eigenvalue weighted by Gasteiger charge is -2.17. The predicted molar refractivity (Wildman–Crippen MR) is 91.9 cm³/mol. The fourth-order valence-electron chi connectivity index (χ4n) is 1.34. The Morgan fingerprint density at radius 2 is 2.32 bits per heavy atom. The quantitative estimate of drug-likeness (QED) is 0.390. The van der Waals surface area contributed by atoms with Crippen molar-refractivity contribution < 1.29 is 9.15 Å². The zero-order valence-electron chi connectivity index (χ0n) is 11.6. The molecule has 0 aromatic heterocycles. The van der Waals surface area contributed by atoms with Crippen LogP contribution in [-0.4, -0.2) is 28.0 Å². The minimum Gasteiger partial charge on any atom is -0.328 e. The van der Waals surface area contributed by atoms with Crippen molar-refractivity contribution in [1.29, 1.82) is 0 Å². The molecule has 0 bridgehead atoms. The van der Waals surface area contributed by atoms with Crippen LogP contribution in [0.5, 0.6) is 0 Å². The first-order chi connectivity index (χ1) is 8.82. The van der Waals surface area contributed by atoms with Gasteiger partial charge in [0.25, 0.3) is 0 Å². The molecule has 0 amide bonds. The van der Waals surface area contributed by atoms with Gasteiger partial charge in [0.1, 0.15) is 4.87 Å². The number of hydrogen-bond acceptors (Lipinski definition) is 7. The third-order valence-electron chi connectivity index (χ3n) is 1.95. The number of hydrogen-bond donors (Lipinski definition) is 0. The van der Waals surface area contributed by atoms with Gasteiger partial charge >= 0.3 is 5.69 Å². The van der Waals surface area contributed by atoms with Gasteiger partial charge in [-0.3, -0.25) is 4.99 Å². The molecule has 0 spiro atoms. The predicted octanol–water partition coefficient (Wildman–Crippen LogP) is 4.44. The Morgan fingerprint density at radius 3 is 2.79 bits per heavy atom. The molecule has 1 heterocycles. The van der Waals surface area contributed by atoms with E-state index in [1.54, 1.807) is 17.8 Å². The number of aliphatic imine (C=N–C) groups is 1. The average Bonchev–Trinajstić information content (AvgIpc) is 2.58. The lowest BCUT2D eigenvalue weighted by Crippen LogP contribution is -2.06. The maximum Gasteiger partial charge on any atom is 0.322 e. The lowest BCUT2D eigenvalue weighted by atomic mass is 10.4. The van der Waals surface area contributed by atoms with Crippen LogP contribution in [0, 0.1) is 0 Å². The molecular formula is C11H19N2O2PS3. The Kier molecular flexibility index (Phi) is 6.60. The highest BCUT2D eigenvalue weighted by atomic mass is 32.9. The number of oxime groups is 1. The van der Waals surface area contributed by atoms with Crippen molar-refractivity contribution in [3.05, 3.63) is 12.7 Å². The van der Waals surface area contributed by atoms with Crippen molar-refractivity contribution in [3.63, 3.8) is 0 Å². The Bertz CT molecular complexity index is 449. The largest absolute Gasteiger partial charge is 0.328 e. The fourth-order valence-corrected chi connectivity index (χ4v) is 5.89. The first-order valence-corrected chi connectivity index (χ1v) is 10.9. The molecule has 8 heteroatoms. The van der Waals surface area contributed by atoms with Crippen molar-refractivity contribution in [2.75, 3.05) is 12.4 Å². The topological polar surface area (TPSA) is 43.2 Å². The summed E-state index contributed by atoms with van der Waals surface area (Å²) in [6.07, 6.45) is 1.78. The summed E-state index contributed by atoms with van der Waals surface area (Å²) in [5.74, 6) is 0.688. The smallest absolute Gasteiger partial charge is 0.322 e. The van der Waals surface area contributed by atoms with E-state index in [-0.39, 0.29) is 4.87 Å². The first kappa shape index (κ1) is 17.2. The average molecular weight is 338 g/mol. The highest BCUT2D eigenvalue weighted by Crippen LogP contribution is 2.61. The van der Waals surface area contributed by atoms with Crippen molar-refractivity contribution in [3.8, 4) is 0 Å². The summed E-state index contributed by atoms with van der Waals surface area (Å²) in [5.41, 5.74) is -1.56. The molecule has 0 fully saturated rings. The van der Waals surface area contributed by atoms with E-state index in [4.69, 9.17) is 21.0 Å². The van der Waals surface area contributed by atoms with E-state index in [0.29, 0.717) is 12.4 Å². The van der Waals surface area contributed by atoms with E-state index in [9.17, 15) is 0 Å². The van der Waals surface area contributed by atoms with Gasteiger partial charge in [-0.1, -0.05) is 34.4 Å². The van der Waals surface area contributed by atoms with Gasteiger partial charge in [-0.05, 0) is 39.5 Å². The molecule has 108 valence electrons. The van der Waals surface area contributed by atoms with E-state index in [1.165, 1.54) is 11.4 Å². The van der Waals surface area contributed by atoms with Gasteiger partial charge in [-0.15, -0.1) is 6.58 Å². The van der Waals surface area contributed by atoms with Crippen LogP contribution in [-0.2, 0) is 21.0 Å². The molecule has 0 saturated heterocycles. The van der Waals surface area contributed by atoms with Crippen LogP contribution in [0.2, 0.25) is 0 Å². The highest BCUT2D eigenvalue weighted by molar-refractivity contribution is 8.67. The van der Waals surface area contributed by atoms with E-state index >= 15 is 0 Å². The molecule has 0 saturated carbocycles. The third kappa shape index (κ3) is 5.60. The summed E-state index contributed by atoms with van der Waals surface area (Å²) in [4.78, 5) is 4.31. The normalized spacial score (nSPS) is 22.9. The summed E-state index contributed by atoms with van der Waals surface area (Å²) in [6.45, 7) is 12.1. The lowest BCUT2D eigenvalue weighted by molar-refractivity contribution is 0.281. The molecule has 1 atom stereocenters. The maximum atomic E-state index is 5.54. The van der Waals surface area contributed by atoms with Gasteiger partial charge in [0, 0.05) is 5.75 Å². The van der Waals surface area contributed by atoms with Crippen LogP contribution >= 0.6 is 28.8 Å². The molecule has 19 heavy (non-hydrogen) atoms. The molecule has 4 nitrogen and oxygen atoms in total. The molecule has 1 aliphatic rings. The number of nitrogens with zero attached hydrogens (tertiary/aromatic N) is 2. The fraction of sp³-hybridized carbons (Fsp3) is 0.636. The summed E-state index contributed by atoms with van der Waals surface area (Å²) < 4.78 is 11.1. The monoisotopic (exact) mass is 338 g/mol. The second kappa shape index (κ2) is 7.27. The second-order valence-electron chi connectivity index (χ2n) is 4.17. The van der Waals surface area contributed by atoms with Crippen LogP contribution < -0.4 is 0 Å². The summed E-state index contributed by atoms with van der Waals surface area (Å²) >= 11 is 8.43. The molecule has 1 unspecified atom stereocenters. The zero-order valence-corrected chi connectivity index (χ0v) is 14.9. The second-order valence-corrected chi connectivity index (χ2v) is 12.0. The van der Waals surface area contributed by atoms with Gasteiger partial charge in [0.15, 0.2) is 5.04 Å². The van der Waals surface area contributed by atoms with Gasteiger partial charge in [0.05, 0.1) is 12.3 Å². The van der Waals surface area contributed by atoms with Gasteiger partial charge < -0.3 is 9.15 Å². The zero-order chi connectivity index (χ0) is 14.5. The van der Waals surface area contributed by atoms with E-state index < -0.39 is 5.69 Å². The Morgan fingerprint density at radius 1 is 1.63 bits per heavy atom. The SMILES string of the molecule is C=CCSP(=S)(OCC)ON=C1SC(C)(C)N=C1C. The Labute approximate surface area is 128 Å². The highest BCUT2D eigenvalue weighted by Gasteiger charge is 2.30. The number of thioether (sulfide) groups is 1. The number of rotatable bonds is 7. The van der Waals surface area contributed by atoms with Gasteiger partial charge in [-0.25, -0.2) is 0 Å². The van der Waals surface area contributed by atoms with Crippen LogP contribution in [0.4, 0.5) is 0 Å². The molecule has 0 aromatic carbocycles. The van der Waals surface area contributed by atoms with Crippen molar-refractivity contribution in [1.82, 2.24) is 0 Å². The Balaban J connectivity index is 2.74. The van der Waals surface area contributed by atoms with Gasteiger partial charge in [0.2, 0.25) is 0 Å². The minimum absolute atomic E-state index is 0.186. The van der Waals surface area contributed by atoms with E-state index in [0.717, 1.165) is 10.8 Å². The van der Waals surface area contributed by atoms with E-state index in [2.05, 4.69) is 16.7 Å². The standard InChI is InChI=1S/C11H19N2O2PS3/c1-6-8-18-16(17,14-7-2)15-13-10-9(3)12-11(4,5)19-10/h6H,1,7-8H2,2-5H3. The van der Waals surface area contributed by atoms with E-state index in [1.807, 2.05) is 27.7 Å². The van der Waals surface area contributed by atoms with Crippen LogP contribution in [0.25, 0.3) is 0 Å². The van der Waals surface area contributed by atoms with Crippen LogP contribution in [0.3, 0.4) is 0 Å². The molecule has 1 rings (SSSR count). The minimum atomic E-state index is -2.43. The molecule has 0 aromatic rings. The van der Waals surface area contributed by atoms with Crippen molar-refractivity contribution in [2.24, 2.45) is 10.1 Å². The summed E-state index contributed by atoms with van der Waals surface area (Å²) in [6, 6.07) is 0. The van der Waals surface area contributed by atoms with Crippen LogP contribution in [0.1, 0.15) is 27.7 Å². The summed E-state index contributed by atoms with van der Waals surface area (Å²) in [5, 5.41) is 4.93. The molecule has 1 aliphatic heterocycles. The third-order valence-corrected chi connectivity index (χ3v) is 8.04.